The van der Waals surface area contributed by atoms with Gasteiger partial charge in [-0.2, -0.15) is 0 Å². The van der Waals surface area contributed by atoms with Gasteiger partial charge in [-0.3, -0.25) is 0 Å². The summed E-state index contributed by atoms with van der Waals surface area (Å²) in [6.45, 7) is 0. The largest absolute Gasteiger partial charge is 0.310 e. The predicted molar refractivity (Wildman–Crippen MR) is 264 cm³/mol. The lowest BCUT2D eigenvalue weighted by atomic mass is 9.67. The number of hydrogen-bond donors (Lipinski definition) is 0. The van der Waals surface area contributed by atoms with Crippen molar-refractivity contribution < 1.29 is 0 Å². The van der Waals surface area contributed by atoms with Gasteiger partial charge in [-0.1, -0.05) is 194 Å². The van der Waals surface area contributed by atoms with E-state index in [0.29, 0.717) is 0 Å². The van der Waals surface area contributed by atoms with Gasteiger partial charge in [0, 0.05) is 33.5 Å². The van der Waals surface area contributed by atoms with Crippen LogP contribution in [0.3, 0.4) is 0 Å². The molecule has 1 heterocycles. The van der Waals surface area contributed by atoms with Crippen LogP contribution >= 0.6 is 0 Å². The van der Waals surface area contributed by atoms with Crippen LogP contribution in [-0.2, 0) is 5.41 Å². The van der Waals surface area contributed by atoms with Crippen LogP contribution in [0.1, 0.15) is 22.3 Å². The van der Waals surface area contributed by atoms with Gasteiger partial charge >= 0.3 is 0 Å². The summed E-state index contributed by atoms with van der Waals surface area (Å²) >= 11 is 0. The van der Waals surface area contributed by atoms with Crippen molar-refractivity contribution in [2.75, 3.05) is 4.90 Å². The second kappa shape index (κ2) is 15.1. The van der Waals surface area contributed by atoms with Crippen molar-refractivity contribution in [1.82, 2.24) is 4.57 Å². The Hall–Kier alpha value is -8.20. The summed E-state index contributed by atoms with van der Waals surface area (Å²) in [5.41, 5.74) is 18.7. The van der Waals surface area contributed by atoms with Crippen LogP contribution in [0.4, 0.5) is 17.1 Å². The number of hydrogen-bond acceptors (Lipinski definition) is 1. The van der Waals surface area contributed by atoms with Gasteiger partial charge in [0.05, 0.1) is 16.4 Å². The first-order valence-electron chi connectivity index (χ1n) is 21.8. The third kappa shape index (κ3) is 5.87. The Morgan fingerprint density at radius 3 is 1.59 bits per heavy atom. The fourth-order valence-corrected chi connectivity index (χ4v) is 10.4. The molecule has 1 aliphatic carbocycles. The van der Waals surface area contributed by atoms with Crippen LogP contribution in [-0.4, -0.2) is 4.57 Å². The van der Waals surface area contributed by atoms with Gasteiger partial charge in [0.1, 0.15) is 0 Å². The summed E-state index contributed by atoms with van der Waals surface area (Å²) in [4.78, 5) is 2.44. The van der Waals surface area contributed by atoms with E-state index in [4.69, 9.17) is 0 Å². The summed E-state index contributed by atoms with van der Waals surface area (Å²) in [6.07, 6.45) is 0. The third-order valence-electron chi connectivity index (χ3n) is 13.1. The van der Waals surface area contributed by atoms with E-state index in [1.54, 1.807) is 0 Å². The second-order valence-electron chi connectivity index (χ2n) is 16.4. The SMILES string of the molecule is c1ccc(-c2ccc(N(c3cccc(-c4cccc5c4c4ccccc4n5-c4ccccc4)c3)c3ccc4c(c3)C(c3ccccc3)(c3ccccc3)c3ccccc3-4)cc2)cc1. The molecule has 1 aliphatic rings. The zero-order valence-electron chi connectivity index (χ0n) is 34.6. The predicted octanol–water partition coefficient (Wildman–Crippen LogP) is 16.0. The molecule has 0 radical (unpaired) electrons. The summed E-state index contributed by atoms with van der Waals surface area (Å²) < 4.78 is 2.40. The highest BCUT2D eigenvalue weighted by atomic mass is 15.1. The average Bonchev–Trinajstić information content (AvgIpc) is 3.86. The zero-order chi connectivity index (χ0) is 41.7. The molecule has 2 heteroatoms. The molecule has 0 aliphatic heterocycles. The summed E-state index contributed by atoms with van der Waals surface area (Å²) in [5.74, 6) is 0. The Morgan fingerprint density at radius 2 is 0.841 bits per heavy atom. The first-order valence-corrected chi connectivity index (χ1v) is 21.8. The van der Waals surface area contributed by atoms with Gasteiger partial charge < -0.3 is 9.47 Å². The standard InChI is InChI=1S/C61H42N2/c1-5-19-43(20-6-1)44-35-37-49(38-36-44)62(50-28-17-21-45(41-50)52-31-18-34-59-60(52)55-30-14-16-33-58(55)63(59)48-26-11-4-12-27-48)51-39-40-54-53-29-13-15-32-56(53)61(57(54)42-51,46-22-7-2-8-23-46)47-24-9-3-10-25-47/h1-42H. The minimum Gasteiger partial charge on any atom is -0.310 e. The van der Waals surface area contributed by atoms with Crippen LogP contribution in [0.2, 0.25) is 0 Å². The molecule has 0 N–H and O–H groups in total. The highest BCUT2D eigenvalue weighted by Gasteiger charge is 2.46. The smallest absolute Gasteiger partial charge is 0.0714 e. The quantitative estimate of drug-likeness (QED) is 0.149. The first-order chi connectivity index (χ1) is 31.3. The van der Waals surface area contributed by atoms with E-state index in [2.05, 4.69) is 264 Å². The molecule has 0 atom stereocenters. The second-order valence-corrected chi connectivity index (χ2v) is 16.4. The van der Waals surface area contributed by atoms with E-state index in [9.17, 15) is 0 Å². The molecule has 0 amide bonds. The molecule has 10 aromatic carbocycles. The lowest BCUT2D eigenvalue weighted by molar-refractivity contribution is 0.768. The molecule has 296 valence electrons. The van der Waals surface area contributed by atoms with Gasteiger partial charge in [0.15, 0.2) is 0 Å². The van der Waals surface area contributed by atoms with Crippen molar-refractivity contribution in [2.45, 2.75) is 5.41 Å². The monoisotopic (exact) mass is 802 g/mol. The van der Waals surface area contributed by atoms with E-state index in [1.807, 2.05) is 0 Å². The number of nitrogens with zero attached hydrogens (tertiary/aromatic N) is 2. The van der Waals surface area contributed by atoms with Crippen molar-refractivity contribution in [3.05, 3.63) is 277 Å². The third-order valence-corrected chi connectivity index (χ3v) is 13.1. The molecule has 0 saturated heterocycles. The Morgan fingerprint density at radius 1 is 0.317 bits per heavy atom. The summed E-state index contributed by atoms with van der Waals surface area (Å²) in [5, 5.41) is 2.49. The van der Waals surface area contributed by atoms with Crippen LogP contribution < -0.4 is 4.90 Å². The van der Waals surface area contributed by atoms with Crippen LogP contribution in [0, 0.1) is 0 Å². The van der Waals surface area contributed by atoms with Crippen LogP contribution in [0.15, 0.2) is 255 Å². The molecule has 0 unspecified atom stereocenters. The number of fused-ring (bicyclic) bond motifs is 6. The number of para-hydroxylation sites is 2. The summed E-state index contributed by atoms with van der Waals surface area (Å²) in [6, 6.07) is 93.3. The van der Waals surface area contributed by atoms with Crippen molar-refractivity contribution >= 4 is 38.9 Å². The minimum atomic E-state index is -0.516. The van der Waals surface area contributed by atoms with Crippen LogP contribution in [0.5, 0.6) is 0 Å². The van der Waals surface area contributed by atoms with E-state index in [1.165, 1.54) is 71.9 Å². The molecule has 0 saturated carbocycles. The Labute approximate surface area is 368 Å². The summed E-state index contributed by atoms with van der Waals surface area (Å²) in [7, 11) is 0. The van der Waals surface area contributed by atoms with Gasteiger partial charge in [-0.25, -0.2) is 0 Å². The molecule has 0 spiro atoms. The number of rotatable bonds is 8. The Balaban J connectivity index is 1.08. The average molecular weight is 803 g/mol. The highest BCUT2D eigenvalue weighted by Crippen LogP contribution is 2.57. The molecular weight excluding hydrogens is 761 g/mol. The minimum absolute atomic E-state index is 0.516. The Kier molecular flexibility index (Phi) is 8.76. The maximum Gasteiger partial charge on any atom is 0.0714 e. The van der Waals surface area contributed by atoms with E-state index < -0.39 is 5.41 Å². The normalized spacial score (nSPS) is 12.6. The van der Waals surface area contributed by atoms with Gasteiger partial charge in [0.2, 0.25) is 0 Å². The van der Waals surface area contributed by atoms with Crippen molar-refractivity contribution in [3.63, 3.8) is 0 Å². The van der Waals surface area contributed by atoms with Crippen LogP contribution in [0.25, 0.3) is 60.9 Å². The number of anilines is 3. The van der Waals surface area contributed by atoms with Gasteiger partial charge in [0.25, 0.3) is 0 Å². The van der Waals surface area contributed by atoms with Crippen molar-refractivity contribution in [3.8, 4) is 39.1 Å². The molecule has 12 rings (SSSR count). The fourth-order valence-electron chi connectivity index (χ4n) is 10.4. The molecule has 2 nitrogen and oxygen atoms in total. The van der Waals surface area contributed by atoms with Crippen molar-refractivity contribution in [2.24, 2.45) is 0 Å². The number of aromatic nitrogens is 1. The molecule has 0 fully saturated rings. The zero-order valence-corrected chi connectivity index (χ0v) is 34.6. The van der Waals surface area contributed by atoms with Gasteiger partial charge in [-0.05, 0) is 116 Å². The molecule has 0 bridgehead atoms. The molecule has 63 heavy (non-hydrogen) atoms. The fraction of sp³-hybridized carbons (Fsp3) is 0.0164. The maximum absolute atomic E-state index is 2.46. The lowest BCUT2D eigenvalue weighted by Crippen LogP contribution is -2.28. The number of benzene rings is 10. The van der Waals surface area contributed by atoms with E-state index >= 15 is 0 Å². The maximum atomic E-state index is 2.46. The topological polar surface area (TPSA) is 8.17 Å². The Bertz CT molecular complexity index is 3380. The van der Waals surface area contributed by atoms with Crippen molar-refractivity contribution in [1.29, 1.82) is 0 Å². The first kappa shape index (κ1) is 36.6. The molecule has 11 aromatic rings. The molecular formula is C61H42N2. The lowest BCUT2D eigenvalue weighted by Gasteiger charge is -2.35. The highest BCUT2D eigenvalue weighted by molar-refractivity contribution is 6.16. The van der Waals surface area contributed by atoms with E-state index in [-0.39, 0.29) is 0 Å². The van der Waals surface area contributed by atoms with E-state index in [0.717, 1.165) is 28.3 Å². The van der Waals surface area contributed by atoms with Gasteiger partial charge in [-0.15, -0.1) is 0 Å². The molecule has 1 aromatic heterocycles.